The Kier molecular flexibility index (Phi) is 9.25. The lowest BCUT2D eigenvalue weighted by molar-refractivity contribution is -0.0367. The maximum atomic E-state index is 6.12. The number of likely N-dealkylation sites (N-methyl/N-ethyl adjacent to an activating group) is 1. The van der Waals surface area contributed by atoms with Gasteiger partial charge in [-0.1, -0.05) is 23.7 Å². The van der Waals surface area contributed by atoms with Crippen LogP contribution < -0.4 is 5.32 Å². The molecule has 0 radical (unpaired) electrons. The Bertz CT molecular complexity index is 654. The van der Waals surface area contributed by atoms with Crippen LogP contribution in [0.2, 0.25) is 5.02 Å². The Labute approximate surface area is 186 Å². The molecule has 6 nitrogen and oxygen atoms in total. The van der Waals surface area contributed by atoms with E-state index in [0.29, 0.717) is 18.8 Å². The number of nitrogens with zero attached hydrogens (tertiary/aromatic N) is 3. The lowest BCUT2D eigenvalue weighted by Gasteiger charge is -2.35. The normalized spacial score (nSPS) is 22.0. The Morgan fingerprint density at radius 2 is 2.00 bits per heavy atom. The largest absolute Gasteiger partial charge is 0.376 e. The zero-order valence-corrected chi connectivity index (χ0v) is 19.4. The molecule has 2 aliphatic heterocycles. The molecule has 1 N–H and O–H groups in total. The number of hydrogen-bond donors (Lipinski definition) is 1. The van der Waals surface area contributed by atoms with Crippen molar-refractivity contribution < 1.29 is 9.47 Å². The molecule has 2 fully saturated rings. The maximum absolute atomic E-state index is 6.12. The van der Waals surface area contributed by atoms with Crippen molar-refractivity contribution in [2.24, 2.45) is 4.99 Å². The number of hydrogen-bond acceptors (Lipinski definition) is 4. The van der Waals surface area contributed by atoms with Crippen molar-refractivity contribution in [2.75, 3.05) is 53.5 Å². The lowest BCUT2D eigenvalue weighted by atomic mass is 10.1. The van der Waals surface area contributed by atoms with Gasteiger partial charge in [0.25, 0.3) is 0 Å². The van der Waals surface area contributed by atoms with Crippen LogP contribution in [0.1, 0.15) is 44.2 Å². The molecule has 7 heteroatoms. The number of rotatable bonds is 8. The molecule has 0 amide bonds. The standard InChI is InChI=1S/C23H37ClN4O2/c1-4-25-23(26-16-22(27(2)3)18-7-9-19(24)10-8-18)28-13-11-20(12-14-28)30-17-21-6-5-15-29-21/h7-10,20-22H,4-6,11-17H2,1-3H3,(H,25,26). The molecule has 30 heavy (non-hydrogen) atoms. The molecule has 3 rings (SSSR count). The molecule has 0 saturated carbocycles. The molecule has 1 aromatic rings. The molecule has 0 aromatic heterocycles. The summed E-state index contributed by atoms with van der Waals surface area (Å²) in [4.78, 5) is 9.56. The van der Waals surface area contributed by atoms with Crippen LogP contribution in [0, 0.1) is 0 Å². The number of piperidine rings is 1. The number of halogens is 1. The van der Waals surface area contributed by atoms with Crippen molar-refractivity contribution in [1.82, 2.24) is 15.1 Å². The summed E-state index contributed by atoms with van der Waals surface area (Å²) in [6.07, 6.45) is 5.00. The maximum Gasteiger partial charge on any atom is 0.193 e. The lowest BCUT2D eigenvalue weighted by Crippen LogP contribution is -2.47. The van der Waals surface area contributed by atoms with Crippen LogP contribution in [0.4, 0.5) is 0 Å². The van der Waals surface area contributed by atoms with E-state index >= 15 is 0 Å². The summed E-state index contributed by atoms with van der Waals surface area (Å²) in [6.45, 7) is 7.25. The first kappa shape index (κ1) is 23.3. The first-order valence-electron chi connectivity index (χ1n) is 11.2. The van der Waals surface area contributed by atoms with Gasteiger partial charge < -0.3 is 24.6 Å². The van der Waals surface area contributed by atoms with Crippen molar-refractivity contribution in [3.63, 3.8) is 0 Å². The third-order valence-corrected chi connectivity index (χ3v) is 6.16. The number of ether oxygens (including phenoxy) is 2. The van der Waals surface area contributed by atoms with Gasteiger partial charge in [0.05, 0.1) is 31.4 Å². The number of aliphatic imine (C=N–C) groups is 1. The molecule has 1 aromatic carbocycles. The van der Waals surface area contributed by atoms with Crippen molar-refractivity contribution in [2.45, 2.75) is 50.9 Å². The van der Waals surface area contributed by atoms with Crippen LogP contribution >= 0.6 is 11.6 Å². The van der Waals surface area contributed by atoms with E-state index in [-0.39, 0.29) is 6.04 Å². The van der Waals surface area contributed by atoms with Crippen LogP contribution in [0.25, 0.3) is 0 Å². The fraction of sp³-hybridized carbons (Fsp3) is 0.696. The minimum atomic E-state index is 0.211. The molecule has 2 saturated heterocycles. The molecule has 2 heterocycles. The quantitative estimate of drug-likeness (QED) is 0.498. The van der Waals surface area contributed by atoms with Gasteiger partial charge in [0.15, 0.2) is 5.96 Å². The summed E-state index contributed by atoms with van der Waals surface area (Å²) in [5.41, 5.74) is 1.23. The van der Waals surface area contributed by atoms with E-state index in [1.54, 1.807) is 0 Å². The van der Waals surface area contributed by atoms with E-state index < -0.39 is 0 Å². The van der Waals surface area contributed by atoms with E-state index in [9.17, 15) is 0 Å². The molecule has 2 aliphatic rings. The predicted molar refractivity (Wildman–Crippen MR) is 123 cm³/mol. The van der Waals surface area contributed by atoms with Crippen molar-refractivity contribution in [3.8, 4) is 0 Å². The minimum Gasteiger partial charge on any atom is -0.376 e. The summed E-state index contributed by atoms with van der Waals surface area (Å²) >= 11 is 6.06. The highest BCUT2D eigenvalue weighted by Gasteiger charge is 2.24. The van der Waals surface area contributed by atoms with Crippen LogP contribution in [0.15, 0.2) is 29.3 Å². The van der Waals surface area contributed by atoms with Gasteiger partial charge in [-0.3, -0.25) is 4.99 Å². The molecular formula is C23H37ClN4O2. The fourth-order valence-corrected chi connectivity index (χ4v) is 4.23. The third-order valence-electron chi connectivity index (χ3n) is 5.91. The Balaban J connectivity index is 1.55. The average Bonchev–Trinajstić information content (AvgIpc) is 3.27. The smallest absolute Gasteiger partial charge is 0.193 e. The highest BCUT2D eigenvalue weighted by molar-refractivity contribution is 6.30. The molecule has 2 atom stereocenters. The van der Waals surface area contributed by atoms with Gasteiger partial charge in [-0.05, 0) is 64.4 Å². The van der Waals surface area contributed by atoms with Gasteiger partial charge in [-0.2, -0.15) is 0 Å². The molecule has 2 unspecified atom stereocenters. The van der Waals surface area contributed by atoms with E-state index in [1.807, 2.05) is 12.1 Å². The second kappa shape index (κ2) is 11.9. The monoisotopic (exact) mass is 436 g/mol. The van der Waals surface area contributed by atoms with Gasteiger partial charge in [-0.15, -0.1) is 0 Å². The van der Waals surface area contributed by atoms with Crippen LogP contribution in [-0.4, -0.2) is 81.5 Å². The topological polar surface area (TPSA) is 49.3 Å². The first-order valence-corrected chi connectivity index (χ1v) is 11.6. The molecule has 0 bridgehead atoms. The number of likely N-dealkylation sites (tertiary alicyclic amines) is 1. The average molecular weight is 437 g/mol. The Hall–Kier alpha value is -1.34. The third kappa shape index (κ3) is 6.84. The minimum absolute atomic E-state index is 0.211. The van der Waals surface area contributed by atoms with Crippen LogP contribution in [-0.2, 0) is 9.47 Å². The van der Waals surface area contributed by atoms with Crippen molar-refractivity contribution in [1.29, 1.82) is 0 Å². The van der Waals surface area contributed by atoms with Crippen molar-refractivity contribution >= 4 is 17.6 Å². The number of benzene rings is 1. The predicted octanol–water partition coefficient (Wildman–Crippen LogP) is 3.57. The summed E-state index contributed by atoms with van der Waals surface area (Å²) in [5, 5.41) is 4.24. The molecule has 168 valence electrons. The van der Waals surface area contributed by atoms with E-state index in [4.69, 9.17) is 26.1 Å². The van der Waals surface area contributed by atoms with Crippen LogP contribution in [0.5, 0.6) is 0 Å². The van der Waals surface area contributed by atoms with Gasteiger partial charge in [0, 0.05) is 31.3 Å². The molecule has 0 aliphatic carbocycles. The highest BCUT2D eigenvalue weighted by atomic mass is 35.5. The van der Waals surface area contributed by atoms with Gasteiger partial charge in [0.1, 0.15) is 0 Å². The Morgan fingerprint density at radius 1 is 1.27 bits per heavy atom. The van der Waals surface area contributed by atoms with Crippen molar-refractivity contribution in [3.05, 3.63) is 34.9 Å². The second-order valence-corrected chi connectivity index (χ2v) is 8.82. The second-order valence-electron chi connectivity index (χ2n) is 8.38. The fourth-order valence-electron chi connectivity index (χ4n) is 4.10. The van der Waals surface area contributed by atoms with Crippen LogP contribution in [0.3, 0.4) is 0 Å². The SMILES string of the molecule is CCNC(=NCC(c1ccc(Cl)cc1)N(C)C)N1CCC(OCC2CCCO2)CC1. The summed E-state index contributed by atoms with van der Waals surface area (Å²) in [6, 6.07) is 8.29. The zero-order chi connectivity index (χ0) is 21.3. The van der Waals surface area contributed by atoms with Gasteiger partial charge >= 0.3 is 0 Å². The highest BCUT2D eigenvalue weighted by Crippen LogP contribution is 2.22. The molecule has 0 spiro atoms. The Morgan fingerprint density at radius 3 is 2.60 bits per heavy atom. The number of nitrogens with one attached hydrogen (secondary N) is 1. The van der Waals surface area contributed by atoms with E-state index in [2.05, 4.69) is 48.3 Å². The van der Waals surface area contributed by atoms with Gasteiger partial charge in [0.2, 0.25) is 0 Å². The summed E-state index contributed by atoms with van der Waals surface area (Å²) < 4.78 is 11.8. The van der Waals surface area contributed by atoms with E-state index in [0.717, 1.165) is 63.1 Å². The zero-order valence-electron chi connectivity index (χ0n) is 18.6. The van der Waals surface area contributed by atoms with Gasteiger partial charge in [-0.25, -0.2) is 0 Å². The van der Waals surface area contributed by atoms with E-state index in [1.165, 1.54) is 12.0 Å². The summed E-state index contributed by atoms with van der Waals surface area (Å²) in [7, 11) is 4.19. The summed E-state index contributed by atoms with van der Waals surface area (Å²) in [5.74, 6) is 0.996. The first-order chi connectivity index (χ1) is 14.6. The number of guanidine groups is 1. The molecular weight excluding hydrogens is 400 g/mol.